The summed E-state index contributed by atoms with van der Waals surface area (Å²) >= 11 is 0. The van der Waals surface area contributed by atoms with Crippen LogP contribution in [0.5, 0.6) is 5.75 Å². The minimum absolute atomic E-state index is 0.0822. The van der Waals surface area contributed by atoms with Crippen LogP contribution >= 0.6 is 0 Å². The molecule has 0 saturated heterocycles. The van der Waals surface area contributed by atoms with E-state index in [-0.39, 0.29) is 11.3 Å². The fourth-order valence-electron chi connectivity index (χ4n) is 2.61. The Balaban J connectivity index is 2.41. The van der Waals surface area contributed by atoms with Gasteiger partial charge in [-0.1, -0.05) is 34.9 Å². The van der Waals surface area contributed by atoms with E-state index in [1.807, 2.05) is 0 Å². The molecule has 0 amide bonds. The topological polar surface area (TPSA) is 58.6 Å². The van der Waals surface area contributed by atoms with Crippen LogP contribution in [0.3, 0.4) is 0 Å². The Morgan fingerprint density at radius 1 is 1.04 bits per heavy atom. The van der Waals surface area contributed by atoms with Gasteiger partial charge in [0.1, 0.15) is 11.3 Å². The normalized spacial score (nSPS) is 11.9. The number of allylic oxidation sites excluding steroid dienone is 5. The Bertz CT molecular complexity index is 710. The van der Waals surface area contributed by atoms with Gasteiger partial charge in [0.25, 0.3) is 0 Å². The third kappa shape index (κ3) is 9.13. The van der Waals surface area contributed by atoms with Crippen LogP contribution in [0.15, 0.2) is 53.1 Å². The Morgan fingerprint density at radius 3 is 2.26 bits per heavy atom. The lowest BCUT2D eigenvalue weighted by atomic mass is 10.1. The second-order valence-electron chi connectivity index (χ2n) is 7.06. The number of phenols is 1. The molecule has 0 fully saturated rings. The van der Waals surface area contributed by atoms with Crippen LogP contribution < -0.4 is 5.32 Å². The molecule has 0 spiro atoms. The molecule has 27 heavy (non-hydrogen) atoms. The molecule has 1 aromatic rings. The highest BCUT2D eigenvalue weighted by molar-refractivity contribution is 5.92. The number of methoxy groups -OCH3 is 1. The van der Waals surface area contributed by atoms with Crippen LogP contribution in [0.4, 0.5) is 5.69 Å². The first-order valence-corrected chi connectivity index (χ1v) is 9.43. The smallest absolute Gasteiger partial charge is 0.341 e. The third-order valence-corrected chi connectivity index (χ3v) is 4.28. The molecule has 0 bridgehead atoms. The maximum absolute atomic E-state index is 11.5. The van der Waals surface area contributed by atoms with Gasteiger partial charge < -0.3 is 15.2 Å². The van der Waals surface area contributed by atoms with E-state index in [1.165, 1.54) is 29.9 Å². The molecule has 0 aliphatic rings. The van der Waals surface area contributed by atoms with Gasteiger partial charge in [0.2, 0.25) is 0 Å². The maximum atomic E-state index is 11.5. The Hall–Kier alpha value is -2.49. The van der Waals surface area contributed by atoms with Gasteiger partial charge >= 0.3 is 5.97 Å². The quantitative estimate of drug-likeness (QED) is 0.390. The standard InChI is InChI=1S/C23H33NO3/c1-17(2)8-6-9-18(3)10-7-11-19(4)14-15-24-20-12-13-21(22(25)16-20)23(26)27-5/h8,10,12-14,16,24-25H,6-7,9,11,15H2,1-5H3/b18-10+,19-14+. The van der Waals surface area contributed by atoms with Crippen LogP contribution in [0.1, 0.15) is 63.7 Å². The molecule has 0 aromatic heterocycles. The number of phenolic OH excluding ortho intramolecular Hbond substituents is 1. The summed E-state index contributed by atoms with van der Waals surface area (Å²) in [5.41, 5.74) is 5.08. The Labute approximate surface area is 163 Å². The van der Waals surface area contributed by atoms with E-state index in [9.17, 15) is 9.90 Å². The highest BCUT2D eigenvalue weighted by Crippen LogP contribution is 2.22. The van der Waals surface area contributed by atoms with Gasteiger partial charge in [0.05, 0.1) is 7.11 Å². The first-order chi connectivity index (χ1) is 12.8. The molecule has 2 N–H and O–H groups in total. The number of anilines is 1. The van der Waals surface area contributed by atoms with Crippen molar-refractivity contribution in [3.8, 4) is 5.75 Å². The third-order valence-electron chi connectivity index (χ3n) is 4.28. The summed E-state index contributed by atoms with van der Waals surface area (Å²) in [4.78, 5) is 11.5. The van der Waals surface area contributed by atoms with Gasteiger partial charge in [-0.3, -0.25) is 0 Å². The number of ether oxygens (including phenoxy) is 1. The lowest BCUT2D eigenvalue weighted by molar-refractivity contribution is 0.0597. The van der Waals surface area contributed by atoms with Gasteiger partial charge in [0, 0.05) is 18.3 Å². The van der Waals surface area contributed by atoms with Gasteiger partial charge in [-0.15, -0.1) is 0 Å². The zero-order valence-electron chi connectivity index (χ0n) is 17.3. The predicted molar refractivity (Wildman–Crippen MR) is 113 cm³/mol. The van der Waals surface area contributed by atoms with Gasteiger partial charge in [-0.05, 0) is 65.5 Å². The van der Waals surface area contributed by atoms with Crippen LogP contribution in [0, 0.1) is 0 Å². The molecule has 0 aliphatic heterocycles. The average molecular weight is 372 g/mol. The highest BCUT2D eigenvalue weighted by atomic mass is 16.5. The van der Waals surface area contributed by atoms with Crippen molar-refractivity contribution in [2.24, 2.45) is 0 Å². The molecule has 0 radical (unpaired) electrons. The highest BCUT2D eigenvalue weighted by Gasteiger charge is 2.11. The lowest BCUT2D eigenvalue weighted by Crippen LogP contribution is -2.03. The van der Waals surface area contributed by atoms with Crippen LogP contribution in [0.2, 0.25) is 0 Å². The molecule has 4 nitrogen and oxygen atoms in total. The van der Waals surface area contributed by atoms with E-state index in [0.29, 0.717) is 6.54 Å². The van der Waals surface area contributed by atoms with E-state index < -0.39 is 5.97 Å². The molecule has 0 aliphatic carbocycles. The fraction of sp³-hybridized carbons (Fsp3) is 0.435. The first kappa shape index (κ1) is 22.6. The SMILES string of the molecule is COC(=O)c1ccc(NC/C=C(\C)CC/C=C(\C)CCC=C(C)C)cc1O. The zero-order valence-corrected chi connectivity index (χ0v) is 17.3. The summed E-state index contributed by atoms with van der Waals surface area (Å²) in [6.45, 7) is 9.27. The fourth-order valence-corrected chi connectivity index (χ4v) is 2.61. The van der Waals surface area contributed by atoms with Crippen molar-refractivity contribution in [1.29, 1.82) is 0 Å². The average Bonchev–Trinajstić information content (AvgIpc) is 2.61. The van der Waals surface area contributed by atoms with Crippen molar-refractivity contribution < 1.29 is 14.6 Å². The summed E-state index contributed by atoms with van der Waals surface area (Å²) in [5, 5.41) is 13.1. The van der Waals surface area contributed by atoms with Crippen molar-refractivity contribution in [2.45, 2.75) is 53.4 Å². The van der Waals surface area contributed by atoms with Gasteiger partial charge in [0.15, 0.2) is 0 Å². The van der Waals surface area contributed by atoms with E-state index in [0.717, 1.165) is 31.4 Å². The second kappa shape index (κ2) is 12.0. The summed E-state index contributed by atoms with van der Waals surface area (Å²) in [7, 11) is 1.29. The van der Waals surface area contributed by atoms with E-state index in [1.54, 1.807) is 12.1 Å². The number of nitrogens with one attached hydrogen (secondary N) is 1. The number of aromatic hydroxyl groups is 1. The number of hydrogen-bond donors (Lipinski definition) is 2. The summed E-state index contributed by atoms with van der Waals surface area (Å²) in [5.74, 6) is -0.625. The first-order valence-electron chi connectivity index (χ1n) is 9.43. The summed E-state index contributed by atoms with van der Waals surface area (Å²) in [6.07, 6.45) is 11.1. The van der Waals surface area contributed by atoms with Crippen molar-refractivity contribution >= 4 is 11.7 Å². The molecule has 0 atom stereocenters. The zero-order chi connectivity index (χ0) is 20.2. The monoisotopic (exact) mass is 371 g/mol. The van der Waals surface area contributed by atoms with Gasteiger partial charge in [-0.25, -0.2) is 4.79 Å². The molecule has 1 rings (SSSR count). The Kier molecular flexibility index (Phi) is 10.0. The molecular formula is C23H33NO3. The number of benzene rings is 1. The maximum Gasteiger partial charge on any atom is 0.341 e. The van der Waals surface area contributed by atoms with E-state index in [4.69, 9.17) is 0 Å². The number of carbonyl (C=O) groups excluding carboxylic acids is 1. The molecule has 0 saturated carbocycles. The summed E-state index contributed by atoms with van der Waals surface area (Å²) in [6, 6.07) is 4.85. The number of esters is 1. The summed E-state index contributed by atoms with van der Waals surface area (Å²) < 4.78 is 4.62. The van der Waals surface area contributed by atoms with Crippen LogP contribution in [0.25, 0.3) is 0 Å². The number of carbonyl (C=O) groups is 1. The van der Waals surface area contributed by atoms with Crippen molar-refractivity contribution in [3.63, 3.8) is 0 Å². The number of hydrogen-bond acceptors (Lipinski definition) is 4. The van der Waals surface area contributed by atoms with E-state index >= 15 is 0 Å². The molecule has 148 valence electrons. The predicted octanol–water partition coefficient (Wildman–Crippen LogP) is 6.01. The number of rotatable bonds is 10. The van der Waals surface area contributed by atoms with Crippen molar-refractivity contribution in [3.05, 3.63) is 58.7 Å². The van der Waals surface area contributed by atoms with Crippen LogP contribution in [-0.2, 0) is 4.74 Å². The Morgan fingerprint density at radius 2 is 1.67 bits per heavy atom. The molecule has 0 unspecified atom stereocenters. The minimum Gasteiger partial charge on any atom is -0.507 e. The molecule has 4 heteroatoms. The largest absolute Gasteiger partial charge is 0.507 e. The van der Waals surface area contributed by atoms with Crippen molar-refractivity contribution in [1.82, 2.24) is 0 Å². The van der Waals surface area contributed by atoms with E-state index in [2.05, 4.69) is 56.0 Å². The molecule has 1 aromatic carbocycles. The lowest BCUT2D eigenvalue weighted by Gasteiger charge is -2.08. The molecule has 0 heterocycles. The molecular weight excluding hydrogens is 338 g/mol. The van der Waals surface area contributed by atoms with Gasteiger partial charge in [-0.2, -0.15) is 0 Å². The minimum atomic E-state index is -0.543. The van der Waals surface area contributed by atoms with Crippen LogP contribution in [-0.4, -0.2) is 24.7 Å². The second-order valence-corrected chi connectivity index (χ2v) is 7.06. The van der Waals surface area contributed by atoms with Crippen molar-refractivity contribution in [2.75, 3.05) is 19.0 Å².